The molecular formula is C20H18F4N2O2. The van der Waals surface area contributed by atoms with E-state index in [0.29, 0.717) is 19.4 Å². The number of para-hydroxylation sites is 1. The van der Waals surface area contributed by atoms with Gasteiger partial charge in [-0.25, -0.2) is 4.39 Å². The van der Waals surface area contributed by atoms with Crippen molar-refractivity contribution in [3.8, 4) is 0 Å². The first-order valence-corrected chi connectivity index (χ1v) is 8.75. The summed E-state index contributed by atoms with van der Waals surface area (Å²) in [6.45, 7) is 0.326. The van der Waals surface area contributed by atoms with Gasteiger partial charge in [0.25, 0.3) is 0 Å². The van der Waals surface area contributed by atoms with Crippen LogP contribution in [-0.2, 0) is 22.2 Å². The molecule has 148 valence electrons. The molecule has 2 unspecified atom stereocenters. The number of nitrogens with one attached hydrogen (secondary N) is 2. The fraction of sp³-hybridized carbons (Fsp3) is 0.300. The van der Waals surface area contributed by atoms with Gasteiger partial charge in [0, 0.05) is 6.54 Å². The van der Waals surface area contributed by atoms with E-state index in [1.807, 2.05) is 0 Å². The lowest BCUT2D eigenvalue weighted by Crippen LogP contribution is -2.29. The number of benzene rings is 2. The van der Waals surface area contributed by atoms with Crippen molar-refractivity contribution in [3.63, 3.8) is 0 Å². The van der Waals surface area contributed by atoms with Crippen molar-refractivity contribution in [2.45, 2.75) is 19.0 Å². The van der Waals surface area contributed by atoms with Crippen LogP contribution in [0.5, 0.6) is 0 Å². The Kier molecular flexibility index (Phi) is 5.67. The molecule has 0 radical (unpaired) electrons. The van der Waals surface area contributed by atoms with Crippen LogP contribution in [0.4, 0.5) is 23.2 Å². The van der Waals surface area contributed by atoms with Gasteiger partial charge in [-0.3, -0.25) is 9.59 Å². The van der Waals surface area contributed by atoms with Gasteiger partial charge in [0.1, 0.15) is 5.82 Å². The van der Waals surface area contributed by atoms with Gasteiger partial charge in [-0.15, -0.1) is 0 Å². The molecule has 1 saturated carbocycles. The van der Waals surface area contributed by atoms with E-state index in [1.165, 1.54) is 30.3 Å². The van der Waals surface area contributed by atoms with Gasteiger partial charge in [0.05, 0.1) is 23.1 Å². The third-order valence-corrected chi connectivity index (χ3v) is 4.58. The molecule has 0 heterocycles. The highest BCUT2D eigenvalue weighted by atomic mass is 19.4. The topological polar surface area (TPSA) is 58.2 Å². The zero-order valence-electron chi connectivity index (χ0n) is 14.7. The van der Waals surface area contributed by atoms with Crippen molar-refractivity contribution in [2.24, 2.45) is 11.8 Å². The molecule has 1 aliphatic carbocycles. The molecule has 2 N–H and O–H groups in total. The lowest BCUT2D eigenvalue weighted by atomic mass is 10.1. The first kappa shape index (κ1) is 19.9. The smallest absolute Gasteiger partial charge is 0.356 e. The molecule has 8 heteroatoms. The SMILES string of the molecule is O=C(NCCc1ccc(F)cc1)C1CC1C(=O)Nc1ccccc1C(F)(F)F. The molecule has 0 spiro atoms. The van der Waals surface area contributed by atoms with Crippen LogP contribution >= 0.6 is 0 Å². The normalized spacial score (nSPS) is 18.4. The predicted octanol–water partition coefficient (Wildman–Crippen LogP) is 3.78. The van der Waals surface area contributed by atoms with Gasteiger partial charge in [-0.2, -0.15) is 13.2 Å². The number of halogens is 4. The molecule has 28 heavy (non-hydrogen) atoms. The number of hydrogen-bond acceptors (Lipinski definition) is 2. The Morgan fingerprint density at radius 1 is 0.964 bits per heavy atom. The average molecular weight is 394 g/mol. The second-order valence-electron chi connectivity index (χ2n) is 6.65. The lowest BCUT2D eigenvalue weighted by Gasteiger charge is -2.13. The maximum Gasteiger partial charge on any atom is 0.418 e. The largest absolute Gasteiger partial charge is 0.418 e. The van der Waals surface area contributed by atoms with Gasteiger partial charge in [0.15, 0.2) is 0 Å². The zero-order chi connectivity index (χ0) is 20.3. The number of amides is 2. The van der Waals surface area contributed by atoms with Crippen LogP contribution in [0.15, 0.2) is 48.5 Å². The van der Waals surface area contributed by atoms with E-state index < -0.39 is 29.5 Å². The maximum absolute atomic E-state index is 13.0. The summed E-state index contributed by atoms with van der Waals surface area (Å²) in [6.07, 6.45) is -3.78. The van der Waals surface area contributed by atoms with Crippen molar-refractivity contribution in [2.75, 3.05) is 11.9 Å². The molecule has 2 atom stereocenters. The second-order valence-corrected chi connectivity index (χ2v) is 6.65. The van der Waals surface area contributed by atoms with Crippen LogP contribution < -0.4 is 10.6 Å². The van der Waals surface area contributed by atoms with Crippen LogP contribution in [-0.4, -0.2) is 18.4 Å². The highest BCUT2D eigenvalue weighted by Crippen LogP contribution is 2.41. The molecule has 3 rings (SSSR count). The van der Waals surface area contributed by atoms with E-state index >= 15 is 0 Å². The summed E-state index contributed by atoms with van der Waals surface area (Å²) < 4.78 is 51.8. The number of carbonyl (C=O) groups is 2. The minimum absolute atomic E-state index is 0.294. The summed E-state index contributed by atoms with van der Waals surface area (Å²) in [6, 6.07) is 10.6. The van der Waals surface area contributed by atoms with Crippen molar-refractivity contribution in [1.82, 2.24) is 5.32 Å². The van der Waals surface area contributed by atoms with E-state index in [4.69, 9.17) is 0 Å². The fourth-order valence-electron chi connectivity index (χ4n) is 2.95. The van der Waals surface area contributed by atoms with Crippen LogP contribution in [0, 0.1) is 17.7 Å². The molecule has 0 saturated heterocycles. The number of hydrogen-bond donors (Lipinski definition) is 2. The molecule has 2 aromatic carbocycles. The standard InChI is InChI=1S/C20H18F4N2O2/c21-13-7-5-12(6-8-13)9-10-25-18(27)14-11-15(14)19(28)26-17-4-2-1-3-16(17)20(22,23)24/h1-8,14-15H,9-11H2,(H,25,27)(H,26,28). The Morgan fingerprint density at radius 2 is 1.61 bits per heavy atom. The van der Waals surface area contributed by atoms with Crippen molar-refractivity contribution in [3.05, 3.63) is 65.5 Å². The molecule has 0 aliphatic heterocycles. The quantitative estimate of drug-likeness (QED) is 0.733. The van der Waals surface area contributed by atoms with E-state index in [9.17, 15) is 27.2 Å². The number of anilines is 1. The average Bonchev–Trinajstić information content (AvgIpc) is 3.44. The monoisotopic (exact) mass is 394 g/mol. The number of alkyl halides is 3. The van der Waals surface area contributed by atoms with Crippen molar-refractivity contribution in [1.29, 1.82) is 0 Å². The number of carbonyl (C=O) groups excluding carboxylic acids is 2. The minimum atomic E-state index is -4.58. The Hall–Kier alpha value is -2.90. The summed E-state index contributed by atoms with van der Waals surface area (Å²) in [5, 5.41) is 4.98. The van der Waals surface area contributed by atoms with Gasteiger partial charge >= 0.3 is 6.18 Å². The van der Waals surface area contributed by atoms with Crippen molar-refractivity contribution < 1.29 is 27.2 Å². The predicted molar refractivity (Wildman–Crippen MR) is 94.8 cm³/mol. The van der Waals surface area contributed by atoms with E-state index in [-0.39, 0.29) is 17.4 Å². The van der Waals surface area contributed by atoms with Gasteiger partial charge in [-0.1, -0.05) is 24.3 Å². The molecule has 2 aromatic rings. The van der Waals surface area contributed by atoms with Gasteiger partial charge < -0.3 is 10.6 Å². The first-order valence-electron chi connectivity index (χ1n) is 8.75. The Balaban J connectivity index is 1.49. The zero-order valence-corrected chi connectivity index (χ0v) is 14.7. The van der Waals surface area contributed by atoms with Gasteiger partial charge in [-0.05, 0) is 42.7 Å². The number of rotatable bonds is 6. The van der Waals surface area contributed by atoms with Crippen LogP contribution in [0.25, 0.3) is 0 Å². The minimum Gasteiger partial charge on any atom is -0.356 e. The van der Waals surface area contributed by atoms with Crippen LogP contribution in [0.2, 0.25) is 0 Å². The van der Waals surface area contributed by atoms with E-state index in [1.54, 1.807) is 12.1 Å². The Morgan fingerprint density at radius 3 is 2.29 bits per heavy atom. The van der Waals surface area contributed by atoms with E-state index in [0.717, 1.165) is 11.6 Å². The fourth-order valence-corrected chi connectivity index (χ4v) is 2.95. The summed E-state index contributed by atoms with van der Waals surface area (Å²) in [5.41, 5.74) is -0.387. The highest BCUT2D eigenvalue weighted by Gasteiger charge is 2.48. The molecular weight excluding hydrogens is 376 g/mol. The summed E-state index contributed by atoms with van der Waals surface area (Å²) in [4.78, 5) is 24.3. The summed E-state index contributed by atoms with van der Waals surface area (Å²) in [5.74, 6) is -2.45. The molecule has 0 aromatic heterocycles. The third-order valence-electron chi connectivity index (χ3n) is 4.58. The lowest BCUT2D eigenvalue weighted by molar-refractivity contribution is -0.137. The third kappa shape index (κ3) is 4.88. The second kappa shape index (κ2) is 8.00. The summed E-state index contributed by atoms with van der Waals surface area (Å²) >= 11 is 0. The Bertz CT molecular complexity index is 865. The van der Waals surface area contributed by atoms with E-state index in [2.05, 4.69) is 10.6 Å². The first-order chi connectivity index (χ1) is 13.3. The molecule has 0 bridgehead atoms. The highest BCUT2D eigenvalue weighted by molar-refractivity contribution is 6.00. The van der Waals surface area contributed by atoms with Gasteiger partial charge in [0.2, 0.25) is 11.8 Å². The molecule has 4 nitrogen and oxygen atoms in total. The summed E-state index contributed by atoms with van der Waals surface area (Å²) in [7, 11) is 0. The van der Waals surface area contributed by atoms with Crippen LogP contribution in [0.1, 0.15) is 17.5 Å². The van der Waals surface area contributed by atoms with Crippen molar-refractivity contribution >= 4 is 17.5 Å². The molecule has 1 aliphatic rings. The molecule has 2 amide bonds. The molecule has 1 fully saturated rings. The maximum atomic E-state index is 13.0. The van der Waals surface area contributed by atoms with Crippen LogP contribution in [0.3, 0.4) is 0 Å². The Labute approximate surface area is 158 Å².